The highest BCUT2D eigenvalue weighted by Gasteiger charge is 2.21. The van der Waals surface area contributed by atoms with Crippen LogP contribution in [0.3, 0.4) is 0 Å². The van der Waals surface area contributed by atoms with E-state index >= 15 is 0 Å². The van der Waals surface area contributed by atoms with Crippen LogP contribution < -0.4 is 5.32 Å². The maximum absolute atomic E-state index is 11.5. The van der Waals surface area contributed by atoms with E-state index in [4.69, 9.17) is 9.84 Å². The summed E-state index contributed by atoms with van der Waals surface area (Å²) >= 11 is 0. The lowest BCUT2D eigenvalue weighted by Crippen LogP contribution is -2.33. The third-order valence-electron chi connectivity index (χ3n) is 3.96. The van der Waals surface area contributed by atoms with E-state index in [0.717, 1.165) is 24.7 Å². The van der Waals surface area contributed by atoms with Crippen LogP contribution in [0.4, 0.5) is 4.79 Å². The molecule has 1 fully saturated rings. The van der Waals surface area contributed by atoms with Gasteiger partial charge in [0.1, 0.15) is 5.60 Å². The van der Waals surface area contributed by atoms with Crippen molar-refractivity contribution in [2.75, 3.05) is 13.2 Å². The van der Waals surface area contributed by atoms with Crippen LogP contribution in [0.1, 0.15) is 65.7 Å². The topological polar surface area (TPSA) is 58.6 Å². The average molecular weight is 285 g/mol. The summed E-state index contributed by atoms with van der Waals surface area (Å²) < 4.78 is 5.21. The number of hydrogen-bond donors (Lipinski definition) is 2. The van der Waals surface area contributed by atoms with Crippen LogP contribution >= 0.6 is 0 Å². The first-order chi connectivity index (χ1) is 9.40. The molecular weight excluding hydrogens is 254 g/mol. The van der Waals surface area contributed by atoms with Gasteiger partial charge in [0.15, 0.2) is 0 Å². The molecule has 0 radical (unpaired) electrons. The second-order valence-corrected chi connectivity index (χ2v) is 6.97. The van der Waals surface area contributed by atoms with Gasteiger partial charge in [-0.1, -0.05) is 25.7 Å². The summed E-state index contributed by atoms with van der Waals surface area (Å²) in [5, 5.41) is 11.7. The molecule has 0 saturated heterocycles. The Kier molecular flexibility index (Phi) is 7.35. The number of ether oxygens (including phenoxy) is 1. The first-order valence-electron chi connectivity index (χ1n) is 7.98. The summed E-state index contributed by atoms with van der Waals surface area (Å²) in [6, 6.07) is 0. The second-order valence-electron chi connectivity index (χ2n) is 6.97. The number of carbonyl (C=O) groups excluding carboxylic acids is 1. The number of nitrogens with one attached hydrogen (secondary N) is 1. The van der Waals surface area contributed by atoms with Crippen molar-refractivity contribution < 1.29 is 14.6 Å². The Labute approximate surface area is 123 Å². The van der Waals surface area contributed by atoms with Crippen molar-refractivity contribution in [2.24, 2.45) is 11.8 Å². The molecule has 4 heteroatoms. The predicted octanol–water partition coefficient (Wildman–Crippen LogP) is 3.48. The van der Waals surface area contributed by atoms with Gasteiger partial charge >= 0.3 is 6.09 Å². The summed E-state index contributed by atoms with van der Waals surface area (Å²) in [4.78, 5) is 11.5. The van der Waals surface area contributed by atoms with Crippen LogP contribution in [0.2, 0.25) is 0 Å². The van der Waals surface area contributed by atoms with Crippen molar-refractivity contribution in [3.8, 4) is 0 Å². The van der Waals surface area contributed by atoms with Gasteiger partial charge in [-0.2, -0.15) is 0 Å². The number of aliphatic hydroxyl groups excluding tert-OH is 1. The molecule has 118 valence electrons. The standard InChI is InChI=1S/C16H31NO3/c1-16(2,3)20-15(19)17-11-10-14-8-6-13(7-9-14)5-4-12-18/h13-14,18H,4-12H2,1-3H3,(H,17,19). The van der Waals surface area contributed by atoms with Gasteiger partial charge in [-0.05, 0) is 51.9 Å². The molecule has 20 heavy (non-hydrogen) atoms. The second kappa shape index (κ2) is 8.50. The molecule has 0 atom stereocenters. The summed E-state index contributed by atoms with van der Waals surface area (Å²) in [6.45, 7) is 6.65. The van der Waals surface area contributed by atoms with E-state index in [1.807, 2.05) is 20.8 Å². The molecule has 0 spiro atoms. The third kappa shape index (κ3) is 7.73. The quantitative estimate of drug-likeness (QED) is 0.785. The van der Waals surface area contributed by atoms with Crippen LogP contribution in [0.5, 0.6) is 0 Å². The minimum atomic E-state index is -0.422. The Bertz CT molecular complexity index is 278. The number of carbonyl (C=O) groups is 1. The van der Waals surface area contributed by atoms with Crippen molar-refractivity contribution in [1.29, 1.82) is 0 Å². The lowest BCUT2D eigenvalue weighted by Gasteiger charge is -2.28. The maximum atomic E-state index is 11.5. The van der Waals surface area contributed by atoms with Crippen molar-refractivity contribution in [2.45, 2.75) is 71.3 Å². The minimum Gasteiger partial charge on any atom is -0.444 e. The molecule has 0 bridgehead atoms. The number of rotatable bonds is 6. The van der Waals surface area contributed by atoms with Crippen molar-refractivity contribution in [1.82, 2.24) is 5.32 Å². The Morgan fingerprint density at radius 1 is 1.15 bits per heavy atom. The third-order valence-corrected chi connectivity index (χ3v) is 3.96. The van der Waals surface area contributed by atoms with E-state index in [2.05, 4.69) is 5.32 Å². The fourth-order valence-corrected chi connectivity index (χ4v) is 2.88. The van der Waals surface area contributed by atoms with Gasteiger partial charge in [-0.15, -0.1) is 0 Å². The fourth-order valence-electron chi connectivity index (χ4n) is 2.88. The molecule has 0 unspecified atom stereocenters. The van der Waals surface area contributed by atoms with E-state index < -0.39 is 5.60 Å². The van der Waals surface area contributed by atoms with E-state index in [1.54, 1.807) is 0 Å². The fraction of sp³-hybridized carbons (Fsp3) is 0.938. The van der Waals surface area contributed by atoms with Crippen LogP contribution in [-0.4, -0.2) is 30.0 Å². The molecular formula is C16H31NO3. The lowest BCUT2D eigenvalue weighted by molar-refractivity contribution is 0.0523. The van der Waals surface area contributed by atoms with Crippen LogP contribution in [0, 0.1) is 11.8 Å². The highest BCUT2D eigenvalue weighted by molar-refractivity contribution is 5.67. The molecule has 0 aromatic heterocycles. The normalized spacial score (nSPS) is 23.4. The smallest absolute Gasteiger partial charge is 0.407 e. The summed E-state index contributed by atoms with van der Waals surface area (Å²) in [5.41, 5.74) is -0.422. The van der Waals surface area contributed by atoms with Gasteiger partial charge in [-0.25, -0.2) is 4.79 Å². The van der Waals surface area contributed by atoms with Crippen LogP contribution in [-0.2, 0) is 4.74 Å². The van der Waals surface area contributed by atoms with E-state index in [1.165, 1.54) is 32.1 Å². The summed E-state index contributed by atoms with van der Waals surface area (Å²) in [7, 11) is 0. The largest absolute Gasteiger partial charge is 0.444 e. The molecule has 0 aromatic rings. The van der Waals surface area contributed by atoms with Gasteiger partial charge in [0.25, 0.3) is 0 Å². The molecule has 1 amide bonds. The molecule has 1 rings (SSSR count). The first-order valence-corrected chi connectivity index (χ1v) is 7.98. The highest BCUT2D eigenvalue weighted by Crippen LogP contribution is 2.32. The Balaban J connectivity index is 2.08. The summed E-state index contributed by atoms with van der Waals surface area (Å²) in [5.74, 6) is 1.53. The Hall–Kier alpha value is -0.770. The molecule has 0 heterocycles. The summed E-state index contributed by atoms with van der Waals surface area (Å²) in [6.07, 6.45) is 7.90. The predicted molar refractivity (Wildman–Crippen MR) is 80.6 cm³/mol. The van der Waals surface area contributed by atoms with Crippen LogP contribution in [0.15, 0.2) is 0 Å². The van der Waals surface area contributed by atoms with Crippen molar-refractivity contribution in [3.05, 3.63) is 0 Å². The molecule has 4 nitrogen and oxygen atoms in total. The van der Waals surface area contributed by atoms with Crippen molar-refractivity contribution >= 4 is 6.09 Å². The van der Waals surface area contributed by atoms with E-state index in [-0.39, 0.29) is 6.09 Å². The highest BCUT2D eigenvalue weighted by atomic mass is 16.6. The monoisotopic (exact) mass is 285 g/mol. The van der Waals surface area contributed by atoms with Gasteiger partial charge in [0.2, 0.25) is 0 Å². The molecule has 1 saturated carbocycles. The number of aliphatic hydroxyl groups is 1. The van der Waals surface area contributed by atoms with Crippen LogP contribution in [0.25, 0.3) is 0 Å². The van der Waals surface area contributed by atoms with Gasteiger partial charge < -0.3 is 15.2 Å². The molecule has 0 aliphatic heterocycles. The van der Waals surface area contributed by atoms with E-state index in [9.17, 15) is 4.79 Å². The zero-order valence-electron chi connectivity index (χ0n) is 13.3. The number of amides is 1. The number of hydrogen-bond acceptors (Lipinski definition) is 3. The SMILES string of the molecule is CC(C)(C)OC(=O)NCCC1CCC(CCCO)CC1. The molecule has 2 N–H and O–H groups in total. The zero-order chi connectivity index (χ0) is 15.0. The first kappa shape index (κ1) is 17.3. The Morgan fingerprint density at radius 2 is 1.70 bits per heavy atom. The average Bonchev–Trinajstić information content (AvgIpc) is 2.35. The molecule has 0 aromatic carbocycles. The molecule has 1 aliphatic carbocycles. The molecule has 1 aliphatic rings. The minimum absolute atomic E-state index is 0.311. The lowest BCUT2D eigenvalue weighted by atomic mass is 9.79. The van der Waals surface area contributed by atoms with Gasteiger partial charge in [-0.3, -0.25) is 0 Å². The van der Waals surface area contributed by atoms with E-state index in [0.29, 0.717) is 13.2 Å². The zero-order valence-corrected chi connectivity index (χ0v) is 13.3. The maximum Gasteiger partial charge on any atom is 0.407 e. The number of alkyl carbamates (subject to hydrolysis) is 1. The van der Waals surface area contributed by atoms with Gasteiger partial charge in [0.05, 0.1) is 0 Å². The van der Waals surface area contributed by atoms with Gasteiger partial charge in [0, 0.05) is 13.2 Å². The van der Waals surface area contributed by atoms with Crippen molar-refractivity contribution in [3.63, 3.8) is 0 Å². The Morgan fingerprint density at radius 3 is 2.20 bits per heavy atom.